The Bertz CT molecular complexity index is 148. The molecule has 0 amide bonds. The van der Waals surface area contributed by atoms with Crippen LogP contribution in [0.25, 0.3) is 0 Å². The Kier molecular flexibility index (Phi) is 6.16. The second-order valence-electron chi connectivity index (χ2n) is 4.13. The highest BCUT2D eigenvalue weighted by Gasteiger charge is 2.27. The van der Waals surface area contributed by atoms with E-state index in [2.05, 4.69) is 10.2 Å². The Morgan fingerprint density at radius 3 is 2.20 bits per heavy atom. The lowest BCUT2D eigenvalue weighted by atomic mass is 10.2. The maximum Gasteiger partial charge on any atom is 0.411 e. The summed E-state index contributed by atoms with van der Waals surface area (Å²) in [4.78, 5) is 5.15. The number of hydrogen-bond acceptors (Lipinski definition) is 3. The van der Waals surface area contributed by atoms with E-state index in [9.17, 15) is 13.2 Å². The van der Waals surface area contributed by atoms with E-state index in [0.29, 0.717) is 13.0 Å². The first-order chi connectivity index (χ1) is 6.71. The predicted octanol–water partition coefficient (Wildman–Crippen LogP) is 2.28. The third kappa shape index (κ3) is 13.7. The monoisotopic (exact) mass is 229 g/mol. The predicted molar refractivity (Wildman–Crippen MR) is 50.3 cm³/mol. The van der Waals surface area contributed by atoms with Gasteiger partial charge in [0.25, 0.3) is 0 Å². The molecule has 0 aliphatic heterocycles. The lowest BCUT2D eigenvalue weighted by Crippen LogP contribution is -2.30. The molecule has 92 valence electrons. The maximum absolute atomic E-state index is 11.6. The Labute approximate surface area is 87.9 Å². The SMILES string of the molecule is CC(C)(C)ONCCCOCC(F)(F)F. The van der Waals surface area contributed by atoms with Crippen LogP contribution in [-0.4, -0.2) is 31.5 Å². The molecule has 0 saturated carbocycles. The van der Waals surface area contributed by atoms with Gasteiger partial charge in [-0.25, -0.2) is 5.48 Å². The number of hydrogen-bond donors (Lipinski definition) is 1. The fourth-order valence-electron chi connectivity index (χ4n) is 0.702. The van der Waals surface area contributed by atoms with Gasteiger partial charge in [-0.1, -0.05) is 0 Å². The zero-order chi connectivity index (χ0) is 11.9. The molecule has 0 spiro atoms. The molecule has 0 bridgehead atoms. The van der Waals surface area contributed by atoms with Crippen molar-refractivity contribution in [1.82, 2.24) is 5.48 Å². The Balaban J connectivity index is 3.20. The van der Waals surface area contributed by atoms with E-state index in [1.54, 1.807) is 0 Å². The van der Waals surface area contributed by atoms with Crippen LogP contribution in [0.2, 0.25) is 0 Å². The van der Waals surface area contributed by atoms with E-state index < -0.39 is 12.8 Å². The first-order valence-corrected chi connectivity index (χ1v) is 4.76. The van der Waals surface area contributed by atoms with Gasteiger partial charge >= 0.3 is 6.18 Å². The molecule has 0 aliphatic rings. The summed E-state index contributed by atoms with van der Waals surface area (Å²) >= 11 is 0. The summed E-state index contributed by atoms with van der Waals surface area (Å²) in [5, 5.41) is 0. The van der Waals surface area contributed by atoms with Gasteiger partial charge in [0, 0.05) is 13.2 Å². The molecule has 0 heterocycles. The summed E-state index contributed by atoms with van der Waals surface area (Å²) in [5.41, 5.74) is 2.36. The highest BCUT2D eigenvalue weighted by atomic mass is 19.4. The van der Waals surface area contributed by atoms with Crippen LogP contribution in [0.3, 0.4) is 0 Å². The molecule has 6 heteroatoms. The summed E-state index contributed by atoms with van der Waals surface area (Å²) in [5.74, 6) is 0. The first-order valence-electron chi connectivity index (χ1n) is 4.76. The molecule has 0 aromatic heterocycles. The normalized spacial score (nSPS) is 13.2. The van der Waals surface area contributed by atoms with Crippen molar-refractivity contribution < 1.29 is 22.7 Å². The van der Waals surface area contributed by atoms with Crippen LogP contribution in [0.1, 0.15) is 27.2 Å². The maximum atomic E-state index is 11.6. The molecular weight excluding hydrogens is 211 g/mol. The minimum absolute atomic E-state index is 0.0695. The van der Waals surface area contributed by atoms with Crippen molar-refractivity contribution in [1.29, 1.82) is 0 Å². The van der Waals surface area contributed by atoms with E-state index in [-0.39, 0.29) is 12.2 Å². The zero-order valence-corrected chi connectivity index (χ0v) is 9.28. The smallest absolute Gasteiger partial charge is 0.372 e. The van der Waals surface area contributed by atoms with Crippen molar-refractivity contribution >= 4 is 0 Å². The average Bonchev–Trinajstić information content (AvgIpc) is 1.98. The van der Waals surface area contributed by atoms with Gasteiger partial charge in [-0.05, 0) is 27.2 Å². The second kappa shape index (κ2) is 6.30. The topological polar surface area (TPSA) is 30.5 Å². The number of hydroxylamine groups is 1. The first kappa shape index (κ1) is 14.7. The van der Waals surface area contributed by atoms with Crippen LogP contribution in [0, 0.1) is 0 Å². The van der Waals surface area contributed by atoms with Crippen molar-refractivity contribution in [3.63, 3.8) is 0 Å². The number of ether oxygens (including phenoxy) is 1. The molecule has 0 saturated heterocycles. The van der Waals surface area contributed by atoms with E-state index in [4.69, 9.17) is 4.84 Å². The van der Waals surface area contributed by atoms with Crippen LogP contribution in [0.5, 0.6) is 0 Å². The number of nitrogens with one attached hydrogen (secondary N) is 1. The standard InChI is InChI=1S/C9H18F3NO2/c1-8(2,3)15-13-5-4-6-14-7-9(10,11)12/h13H,4-7H2,1-3H3. The fraction of sp³-hybridized carbons (Fsp3) is 1.00. The molecule has 0 aromatic carbocycles. The lowest BCUT2D eigenvalue weighted by molar-refractivity contribution is -0.174. The molecule has 0 rings (SSSR count). The lowest BCUT2D eigenvalue weighted by Gasteiger charge is -2.19. The number of halogens is 3. The van der Waals surface area contributed by atoms with Crippen LogP contribution < -0.4 is 5.48 Å². The molecule has 0 unspecified atom stereocenters. The molecular formula is C9H18F3NO2. The van der Waals surface area contributed by atoms with Gasteiger partial charge in [-0.3, -0.25) is 4.84 Å². The van der Waals surface area contributed by atoms with Crippen LogP contribution in [0.15, 0.2) is 0 Å². The molecule has 0 atom stereocenters. The molecule has 3 nitrogen and oxygen atoms in total. The highest BCUT2D eigenvalue weighted by molar-refractivity contribution is 4.56. The molecule has 1 N–H and O–H groups in total. The van der Waals surface area contributed by atoms with Gasteiger partial charge in [0.15, 0.2) is 0 Å². The van der Waals surface area contributed by atoms with Gasteiger partial charge in [0.1, 0.15) is 6.61 Å². The highest BCUT2D eigenvalue weighted by Crippen LogP contribution is 2.14. The van der Waals surface area contributed by atoms with Crippen molar-refractivity contribution in [2.45, 2.75) is 39.0 Å². The summed E-state index contributed by atoms with van der Waals surface area (Å²) in [6, 6.07) is 0. The van der Waals surface area contributed by atoms with Crippen LogP contribution >= 0.6 is 0 Å². The van der Waals surface area contributed by atoms with Crippen molar-refractivity contribution in [2.75, 3.05) is 19.8 Å². The molecule has 0 radical (unpaired) electrons. The third-order valence-electron chi connectivity index (χ3n) is 1.21. The summed E-state index contributed by atoms with van der Waals surface area (Å²) < 4.78 is 39.3. The number of rotatable bonds is 6. The summed E-state index contributed by atoms with van der Waals surface area (Å²) in [6.45, 7) is 4.97. The van der Waals surface area contributed by atoms with Gasteiger partial charge in [0.2, 0.25) is 0 Å². The van der Waals surface area contributed by atoms with Gasteiger partial charge < -0.3 is 4.74 Å². The van der Waals surface area contributed by atoms with E-state index >= 15 is 0 Å². The molecule has 15 heavy (non-hydrogen) atoms. The van der Waals surface area contributed by atoms with Crippen LogP contribution in [-0.2, 0) is 9.57 Å². The largest absolute Gasteiger partial charge is 0.411 e. The Morgan fingerprint density at radius 2 is 1.73 bits per heavy atom. The van der Waals surface area contributed by atoms with Crippen molar-refractivity contribution in [2.24, 2.45) is 0 Å². The summed E-state index contributed by atoms with van der Waals surface area (Å²) in [6.07, 6.45) is -3.76. The third-order valence-corrected chi connectivity index (χ3v) is 1.21. The van der Waals surface area contributed by atoms with Crippen LogP contribution in [0.4, 0.5) is 13.2 Å². The quantitative estimate of drug-likeness (QED) is 0.560. The van der Waals surface area contributed by atoms with E-state index in [0.717, 1.165) is 0 Å². The second-order valence-corrected chi connectivity index (χ2v) is 4.13. The van der Waals surface area contributed by atoms with E-state index in [1.165, 1.54) is 0 Å². The molecule has 0 fully saturated rings. The minimum Gasteiger partial charge on any atom is -0.372 e. The van der Waals surface area contributed by atoms with Gasteiger partial charge in [-0.2, -0.15) is 13.2 Å². The fourth-order valence-corrected chi connectivity index (χ4v) is 0.702. The summed E-state index contributed by atoms with van der Waals surface area (Å²) in [7, 11) is 0. The molecule has 0 aromatic rings. The van der Waals surface area contributed by atoms with Gasteiger partial charge in [0.05, 0.1) is 5.60 Å². The Hall–Kier alpha value is -0.330. The molecule has 0 aliphatic carbocycles. The average molecular weight is 229 g/mol. The van der Waals surface area contributed by atoms with Gasteiger partial charge in [-0.15, -0.1) is 0 Å². The van der Waals surface area contributed by atoms with E-state index in [1.807, 2.05) is 20.8 Å². The Morgan fingerprint density at radius 1 is 1.13 bits per heavy atom. The zero-order valence-electron chi connectivity index (χ0n) is 9.28. The van der Waals surface area contributed by atoms with Crippen molar-refractivity contribution in [3.8, 4) is 0 Å². The number of alkyl halides is 3. The van der Waals surface area contributed by atoms with Crippen molar-refractivity contribution in [3.05, 3.63) is 0 Å². The minimum atomic E-state index is -4.24.